The van der Waals surface area contributed by atoms with Gasteiger partial charge < -0.3 is 4.74 Å². The number of hydrogen-bond donors (Lipinski definition) is 0. The molecule has 0 aromatic heterocycles. The van der Waals surface area contributed by atoms with Gasteiger partial charge in [0.15, 0.2) is 0 Å². The van der Waals surface area contributed by atoms with E-state index in [1.54, 1.807) is 0 Å². The lowest BCUT2D eigenvalue weighted by molar-refractivity contribution is -0.163. The molecule has 13 heavy (non-hydrogen) atoms. The van der Waals surface area contributed by atoms with Crippen LogP contribution in [0.1, 0.15) is 38.5 Å². The second kappa shape index (κ2) is 3.48. The number of carbonyl (C=O) groups excluding carboxylic acids is 2. The summed E-state index contributed by atoms with van der Waals surface area (Å²) in [6.45, 7) is 0. The molecule has 3 heteroatoms. The Balaban J connectivity index is 1.77. The number of hydrogen-bond acceptors (Lipinski definition) is 3. The lowest BCUT2D eigenvalue weighted by atomic mass is 9.82. The largest absolute Gasteiger partial charge is 0.457 e. The number of Topliss-reactive ketones (excluding diaryl/α,β-unsaturated/α-hetero) is 1. The van der Waals surface area contributed by atoms with Crippen LogP contribution < -0.4 is 0 Å². The van der Waals surface area contributed by atoms with Crippen molar-refractivity contribution in [3.63, 3.8) is 0 Å². The van der Waals surface area contributed by atoms with Crippen molar-refractivity contribution < 1.29 is 14.3 Å². The third kappa shape index (κ3) is 1.74. The number of ketones is 1. The van der Waals surface area contributed by atoms with Gasteiger partial charge in [-0.15, -0.1) is 0 Å². The fourth-order valence-corrected chi connectivity index (χ4v) is 1.54. The molecule has 0 amide bonds. The fourth-order valence-electron chi connectivity index (χ4n) is 1.54. The van der Waals surface area contributed by atoms with E-state index in [1.807, 2.05) is 0 Å². The molecule has 2 aliphatic rings. The molecule has 0 aromatic rings. The SMILES string of the molecule is O=C(OC1CCC1)C(=O)C1CCC1. The summed E-state index contributed by atoms with van der Waals surface area (Å²) in [5.41, 5.74) is 0. The number of esters is 1. The van der Waals surface area contributed by atoms with Gasteiger partial charge in [0, 0.05) is 5.92 Å². The van der Waals surface area contributed by atoms with Crippen molar-refractivity contribution in [1.82, 2.24) is 0 Å². The highest BCUT2D eigenvalue weighted by molar-refractivity contribution is 6.34. The third-order valence-corrected chi connectivity index (χ3v) is 3.00. The molecule has 0 heterocycles. The van der Waals surface area contributed by atoms with Crippen LogP contribution in [-0.4, -0.2) is 17.9 Å². The van der Waals surface area contributed by atoms with E-state index >= 15 is 0 Å². The molecule has 2 fully saturated rings. The van der Waals surface area contributed by atoms with Crippen LogP contribution in [0.25, 0.3) is 0 Å². The molecular formula is C10H14O3. The van der Waals surface area contributed by atoms with Crippen LogP contribution in [0.15, 0.2) is 0 Å². The summed E-state index contributed by atoms with van der Waals surface area (Å²) in [6, 6.07) is 0. The van der Waals surface area contributed by atoms with E-state index in [-0.39, 0.29) is 17.8 Å². The molecule has 2 rings (SSSR count). The van der Waals surface area contributed by atoms with Crippen molar-refractivity contribution in [3.8, 4) is 0 Å². The van der Waals surface area contributed by atoms with Crippen LogP contribution in [-0.2, 0) is 14.3 Å². The summed E-state index contributed by atoms with van der Waals surface area (Å²) in [6.07, 6.45) is 5.85. The van der Waals surface area contributed by atoms with Crippen molar-refractivity contribution in [2.75, 3.05) is 0 Å². The Kier molecular flexibility index (Phi) is 2.34. The number of ether oxygens (including phenoxy) is 1. The molecule has 0 radical (unpaired) electrons. The molecule has 0 bridgehead atoms. The zero-order valence-corrected chi connectivity index (χ0v) is 7.62. The van der Waals surface area contributed by atoms with Gasteiger partial charge in [-0.3, -0.25) is 4.79 Å². The minimum Gasteiger partial charge on any atom is -0.457 e. The third-order valence-electron chi connectivity index (χ3n) is 3.00. The quantitative estimate of drug-likeness (QED) is 0.490. The van der Waals surface area contributed by atoms with Crippen LogP contribution in [0.4, 0.5) is 0 Å². The maximum atomic E-state index is 11.3. The van der Waals surface area contributed by atoms with Crippen molar-refractivity contribution in [2.24, 2.45) is 5.92 Å². The highest BCUT2D eigenvalue weighted by Crippen LogP contribution is 2.28. The highest BCUT2D eigenvalue weighted by atomic mass is 16.5. The highest BCUT2D eigenvalue weighted by Gasteiger charge is 2.33. The van der Waals surface area contributed by atoms with Crippen molar-refractivity contribution in [3.05, 3.63) is 0 Å². The van der Waals surface area contributed by atoms with E-state index < -0.39 is 5.97 Å². The summed E-state index contributed by atoms with van der Waals surface area (Å²) >= 11 is 0. The van der Waals surface area contributed by atoms with Gasteiger partial charge in [-0.2, -0.15) is 0 Å². The van der Waals surface area contributed by atoms with Crippen molar-refractivity contribution in [1.29, 1.82) is 0 Å². The van der Waals surface area contributed by atoms with Gasteiger partial charge in [0.25, 0.3) is 0 Å². The molecule has 0 aliphatic heterocycles. The van der Waals surface area contributed by atoms with Gasteiger partial charge >= 0.3 is 5.97 Å². The predicted octanol–water partition coefficient (Wildman–Crippen LogP) is 1.45. The molecule has 0 spiro atoms. The summed E-state index contributed by atoms with van der Waals surface area (Å²) in [4.78, 5) is 22.5. The topological polar surface area (TPSA) is 43.4 Å². The van der Waals surface area contributed by atoms with Crippen LogP contribution in [0.2, 0.25) is 0 Å². The fraction of sp³-hybridized carbons (Fsp3) is 0.800. The molecular weight excluding hydrogens is 168 g/mol. The lowest BCUT2D eigenvalue weighted by Gasteiger charge is -2.27. The number of rotatable bonds is 3. The predicted molar refractivity (Wildman–Crippen MR) is 46.1 cm³/mol. The molecule has 0 saturated heterocycles. The zero-order valence-electron chi connectivity index (χ0n) is 7.62. The molecule has 2 aliphatic carbocycles. The van der Waals surface area contributed by atoms with E-state index in [4.69, 9.17) is 4.74 Å². The van der Waals surface area contributed by atoms with E-state index in [9.17, 15) is 9.59 Å². The first-order valence-electron chi connectivity index (χ1n) is 5.02. The summed E-state index contributed by atoms with van der Waals surface area (Å²) in [5, 5.41) is 0. The molecule has 3 nitrogen and oxygen atoms in total. The molecule has 0 atom stereocenters. The van der Waals surface area contributed by atoms with Gasteiger partial charge in [0.05, 0.1) is 0 Å². The van der Waals surface area contributed by atoms with E-state index in [0.29, 0.717) is 0 Å². The first kappa shape index (κ1) is 8.73. The van der Waals surface area contributed by atoms with E-state index in [2.05, 4.69) is 0 Å². The Morgan fingerprint density at radius 1 is 1.00 bits per heavy atom. The van der Waals surface area contributed by atoms with Gasteiger partial charge in [-0.25, -0.2) is 4.79 Å². The summed E-state index contributed by atoms with van der Waals surface area (Å²) in [7, 11) is 0. The minimum atomic E-state index is -0.589. The second-order valence-electron chi connectivity index (χ2n) is 3.95. The monoisotopic (exact) mass is 182 g/mol. The maximum absolute atomic E-state index is 11.3. The maximum Gasteiger partial charge on any atom is 0.375 e. The summed E-state index contributed by atoms with van der Waals surface area (Å²) in [5.74, 6) is -0.903. The Bertz CT molecular complexity index is 226. The van der Waals surface area contributed by atoms with E-state index in [0.717, 1.165) is 38.5 Å². The van der Waals surface area contributed by atoms with Crippen LogP contribution >= 0.6 is 0 Å². The molecule has 2 saturated carbocycles. The summed E-state index contributed by atoms with van der Waals surface area (Å²) < 4.78 is 5.02. The first-order valence-corrected chi connectivity index (χ1v) is 5.02. The van der Waals surface area contributed by atoms with Crippen molar-refractivity contribution >= 4 is 11.8 Å². The van der Waals surface area contributed by atoms with Gasteiger partial charge in [0.1, 0.15) is 6.10 Å². The normalized spacial score (nSPS) is 23.1. The zero-order chi connectivity index (χ0) is 9.26. The molecule has 0 aromatic carbocycles. The number of carbonyl (C=O) groups is 2. The Labute approximate surface area is 77.4 Å². The Morgan fingerprint density at radius 3 is 2.00 bits per heavy atom. The van der Waals surface area contributed by atoms with Crippen molar-refractivity contribution in [2.45, 2.75) is 44.6 Å². The first-order chi connectivity index (χ1) is 6.27. The smallest absolute Gasteiger partial charge is 0.375 e. The van der Waals surface area contributed by atoms with Gasteiger partial charge in [0.2, 0.25) is 5.78 Å². The lowest BCUT2D eigenvalue weighted by Crippen LogP contribution is -2.34. The van der Waals surface area contributed by atoms with Crippen LogP contribution in [0.5, 0.6) is 0 Å². The Morgan fingerprint density at radius 2 is 1.62 bits per heavy atom. The second-order valence-corrected chi connectivity index (χ2v) is 3.95. The average Bonchev–Trinajstić information content (AvgIpc) is 1.92. The minimum absolute atomic E-state index is 0.0208. The molecule has 72 valence electrons. The van der Waals surface area contributed by atoms with Crippen LogP contribution in [0, 0.1) is 5.92 Å². The van der Waals surface area contributed by atoms with Gasteiger partial charge in [-0.05, 0) is 32.1 Å². The molecule has 0 unspecified atom stereocenters. The van der Waals surface area contributed by atoms with Gasteiger partial charge in [-0.1, -0.05) is 6.42 Å². The van der Waals surface area contributed by atoms with Crippen LogP contribution in [0.3, 0.4) is 0 Å². The average molecular weight is 182 g/mol. The van der Waals surface area contributed by atoms with E-state index in [1.165, 1.54) is 0 Å². The Hall–Kier alpha value is -0.860. The standard InChI is InChI=1S/C10H14O3/c11-9(7-3-1-4-7)10(12)13-8-5-2-6-8/h7-8H,1-6H2. The molecule has 0 N–H and O–H groups in total.